The highest BCUT2D eigenvalue weighted by Crippen LogP contribution is 2.27. The predicted octanol–water partition coefficient (Wildman–Crippen LogP) is 1.86. The normalized spacial score (nSPS) is 12.0. The van der Waals surface area contributed by atoms with Crippen LogP contribution < -0.4 is 15.8 Å². The summed E-state index contributed by atoms with van der Waals surface area (Å²) < 4.78 is 5.08. The topological polar surface area (TPSA) is 96.9 Å². The molecule has 0 saturated heterocycles. The molecule has 0 aliphatic carbocycles. The van der Waals surface area contributed by atoms with E-state index in [1.165, 1.54) is 0 Å². The van der Waals surface area contributed by atoms with Gasteiger partial charge in [-0.3, -0.25) is 4.79 Å². The Balaban J connectivity index is 2.78. The standard InChI is InChI=1S/C15H23N3O3/c1-4-15(5-2,13(16)18-20)14(19)17-10-11-6-8-12(21-3)9-7-11/h6-9,20H,4-5,10H2,1-3H3,(H2,16,18)(H,17,19). The highest BCUT2D eigenvalue weighted by molar-refractivity contribution is 6.06. The molecule has 116 valence electrons. The van der Waals surface area contributed by atoms with Gasteiger partial charge >= 0.3 is 0 Å². The second kappa shape index (κ2) is 7.52. The summed E-state index contributed by atoms with van der Waals surface area (Å²) in [5.74, 6) is 0.469. The average Bonchev–Trinajstić information content (AvgIpc) is 2.54. The van der Waals surface area contributed by atoms with E-state index < -0.39 is 5.41 Å². The fourth-order valence-electron chi connectivity index (χ4n) is 2.24. The van der Waals surface area contributed by atoms with Gasteiger partial charge in [-0.2, -0.15) is 0 Å². The molecule has 0 heterocycles. The van der Waals surface area contributed by atoms with Crippen molar-refractivity contribution in [2.24, 2.45) is 16.3 Å². The number of nitrogens with zero attached hydrogens (tertiary/aromatic N) is 1. The van der Waals surface area contributed by atoms with E-state index in [1.54, 1.807) is 7.11 Å². The number of benzene rings is 1. The number of amides is 1. The molecule has 0 unspecified atom stereocenters. The first kappa shape index (κ1) is 16.8. The third kappa shape index (κ3) is 3.65. The van der Waals surface area contributed by atoms with Gasteiger partial charge < -0.3 is 21.0 Å². The van der Waals surface area contributed by atoms with Crippen molar-refractivity contribution in [2.45, 2.75) is 33.2 Å². The Morgan fingerprint density at radius 1 is 1.33 bits per heavy atom. The Hall–Kier alpha value is -2.24. The van der Waals surface area contributed by atoms with Gasteiger partial charge in [-0.1, -0.05) is 31.1 Å². The number of hydrogen-bond donors (Lipinski definition) is 3. The van der Waals surface area contributed by atoms with Gasteiger partial charge in [0.1, 0.15) is 11.2 Å². The SMILES string of the molecule is CCC(CC)(C(=O)NCc1ccc(OC)cc1)C(N)=NO. The van der Waals surface area contributed by atoms with Crippen molar-refractivity contribution in [3.05, 3.63) is 29.8 Å². The number of rotatable bonds is 7. The summed E-state index contributed by atoms with van der Waals surface area (Å²) in [6.07, 6.45) is 0.932. The van der Waals surface area contributed by atoms with Gasteiger partial charge in [-0.25, -0.2) is 0 Å². The smallest absolute Gasteiger partial charge is 0.234 e. The summed E-state index contributed by atoms with van der Waals surface area (Å²) in [6, 6.07) is 7.42. The van der Waals surface area contributed by atoms with Gasteiger partial charge in [-0.15, -0.1) is 0 Å². The Morgan fingerprint density at radius 3 is 2.33 bits per heavy atom. The van der Waals surface area contributed by atoms with Crippen LogP contribution in [0.15, 0.2) is 29.4 Å². The van der Waals surface area contributed by atoms with Crippen molar-refractivity contribution < 1.29 is 14.7 Å². The largest absolute Gasteiger partial charge is 0.497 e. The number of carbonyl (C=O) groups excluding carboxylic acids is 1. The number of ether oxygens (including phenoxy) is 1. The minimum atomic E-state index is -0.971. The lowest BCUT2D eigenvalue weighted by molar-refractivity contribution is -0.128. The van der Waals surface area contributed by atoms with E-state index >= 15 is 0 Å². The van der Waals surface area contributed by atoms with Crippen LogP contribution in [0.3, 0.4) is 0 Å². The van der Waals surface area contributed by atoms with E-state index in [0.717, 1.165) is 11.3 Å². The monoisotopic (exact) mass is 293 g/mol. The number of nitrogens with two attached hydrogens (primary N) is 1. The molecule has 0 aromatic heterocycles. The molecule has 1 aromatic rings. The number of carbonyl (C=O) groups is 1. The van der Waals surface area contributed by atoms with Crippen LogP contribution in [0.25, 0.3) is 0 Å². The summed E-state index contributed by atoms with van der Waals surface area (Å²) in [4.78, 5) is 12.4. The van der Waals surface area contributed by atoms with Gasteiger partial charge in [0, 0.05) is 6.54 Å². The Morgan fingerprint density at radius 2 is 1.90 bits per heavy atom. The molecule has 0 radical (unpaired) electrons. The van der Waals surface area contributed by atoms with Crippen LogP contribution in [0, 0.1) is 5.41 Å². The van der Waals surface area contributed by atoms with E-state index in [9.17, 15) is 4.79 Å². The quantitative estimate of drug-likeness (QED) is 0.309. The zero-order valence-electron chi connectivity index (χ0n) is 12.7. The summed E-state index contributed by atoms with van der Waals surface area (Å²) in [5, 5.41) is 14.8. The van der Waals surface area contributed by atoms with Crippen LogP contribution in [-0.4, -0.2) is 24.1 Å². The number of nitrogens with one attached hydrogen (secondary N) is 1. The van der Waals surface area contributed by atoms with E-state index in [4.69, 9.17) is 15.7 Å². The first-order valence-electron chi connectivity index (χ1n) is 6.93. The lowest BCUT2D eigenvalue weighted by atomic mass is 9.80. The van der Waals surface area contributed by atoms with Gasteiger partial charge in [0.05, 0.1) is 7.11 Å². The summed E-state index contributed by atoms with van der Waals surface area (Å²) in [5.41, 5.74) is 5.68. The lowest BCUT2D eigenvalue weighted by Crippen LogP contribution is -2.49. The van der Waals surface area contributed by atoms with Crippen LogP contribution in [0.2, 0.25) is 0 Å². The summed E-state index contributed by atoms with van der Waals surface area (Å²) >= 11 is 0. The van der Waals surface area contributed by atoms with Crippen LogP contribution in [-0.2, 0) is 11.3 Å². The fraction of sp³-hybridized carbons (Fsp3) is 0.467. The van der Waals surface area contributed by atoms with E-state index in [2.05, 4.69) is 10.5 Å². The molecule has 21 heavy (non-hydrogen) atoms. The van der Waals surface area contributed by atoms with Crippen LogP contribution in [0.1, 0.15) is 32.3 Å². The molecule has 6 nitrogen and oxygen atoms in total. The molecule has 6 heteroatoms. The van der Waals surface area contributed by atoms with Crippen molar-refractivity contribution in [3.8, 4) is 5.75 Å². The molecular weight excluding hydrogens is 270 g/mol. The molecule has 0 spiro atoms. The highest BCUT2D eigenvalue weighted by Gasteiger charge is 2.39. The second-order valence-electron chi connectivity index (χ2n) is 4.81. The fourth-order valence-corrected chi connectivity index (χ4v) is 2.24. The molecule has 1 amide bonds. The molecule has 0 saturated carbocycles. The van der Waals surface area contributed by atoms with Crippen molar-refractivity contribution >= 4 is 11.7 Å². The summed E-state index contributed by atoms with van der Waals surface area (Å²) in [7, 11) is 1.60. The number of amidine groups is 1. The maximum atomic E-state index is 12.4. The molecule has 0 aliphatic heterocycles. The third-order valence-electron chi connectivity index (χ3n) is 3.85. The van der Waals surface area contributed by atoms with E-state index in [-0.39, 0.29) is 11.7 Å². The Labute approximate surface area is 125 Å². The molecule has 4 N–H and O–H groups in total. The Kier molecular flexibility index (Phi) is 6.02. The molecule has 0 fully saturated rings. The van der Waals surface area contributed by atoms with Crippen LogP contribution >= 0.6 is 0 Å². The zero-order chi connectivity index (χ0) is 15.9. The molecule has 1 aromatic carbocycles. The maximum Gasteiger partial charge on any atom is 0.234 e. The predicted molar refractivity (Wildman–Crippen MR) is 81.3 cm³/mol. The lowest BCUT2D eigenvalue weighted by Gasteiger charge is -2.28. The molecule has 0 bridgehead atoms. The average molecular weight is 293 g/mol. The first-order valence-corrected chi connectivity index (χ1v) is 6.93. The van der Waals surface area contributed by atoms with E-state index in [1.807, 2.05) is 38.1 Å². The third-order valence-corrected chi connectivity index (χ3v) is 3.85. The van der Waals surface area contributed by atoms with Crippen LogP contribution in [0.5, 0.6) is 5.75 Å². The van der Waals surface area contributed by atoms with Crippen LogP contribution in [0.4, 0.5) is 0 Å². The zero-order valence-corrected chi connectivity index (χ0v) is 12.7. The van der Waals surface area contributed by atoms with Gasteiger partial charge in [-0.05, 0) is 30.5 Å². The first-order chi connectivity index (χ1) is 10.0. The van der Waals surface area contributed by atoms with Gasteiger partial charge in [0.15, 0.2) is 5.84 Å². The van der Waals surface area contributed by atoms with Crippen molar-refractivity contribution in [1.29, 1.82) is 0 Å². The minimum absolute atomic E-state index is 0.0558. The van der Waals surface area contributed by atoms with Crippen molar-refractivity contribution in [1.82, 2.24) is 5.32 Å². The number of methoxy groups -OCH3 is 1. The maximum absolute atomic E-state index is 12.4. The number of hydrogen-bond acceptors (Lipinski definition) is 4. The highest BCUT2D eigenvalue weighted by atomic mass is 16.5. The molecule has 0 atom stereocenters. The molecule has 0 aliphatic rings. The Bertz CT molecular complexity index is 493. The van der Waals surface area contributed by atoms with Gasteiger partial charge in [0.25, 0.3) is 0 Å². The van der Waals surface area contributed by atoms with E-state index in [0.29, 0.717) is 19.4 Å². The second-order valence-corrected chi connectivity index (χ2v) is 4.81. The van der Waals surface area contributed by atoms with Gasteiger partial charge in [0.2, 0.25) is 5.91 Å². The van der Waals surface area contributed by atoms with Crippen molar-refractivity contribution in [3.63, 3.8) is 0 Å². The van der Waals surface area contributed by atoms with Crippen molar-refractivity contribution in [2.75, 3.05) is 7.11 Å². The number of oxime groups is 1. The minimum Gasteiger partial charge on any atom is -0.497 e. The molecule has 1 rings (SSSR count). The summed E-state index contributed by atoms with van der Waals surface area (Å²) in [6.45, 7) is 4.06. The molecular formula is C15H23N3O3.